The van der Waals surface area contributed by atoms with Crippen LogP contribution in [-0.2, 0) is 30.2 Å². The Kier molecular flexibility index (Phi) is 9.52. The lowest BCUT2D eigenvalue weighted by Crippen LogP contribution is -1.92. The van der Waals surface area contributed by atoms with Crippen LogP contribution in [0, 0.1) is 0 Å². The minimum absolute atomic E-state index is 0.749. The standard InChI is InChI=1S/C6H14O2PS2/c1-3-5-7-9(11-10)8-6-4-2/h3-6H2,1-2H3/q+1. The van der Waals surface area contributed by atoms with Gasteiger partial charge in [-0.15, -0.1) is 0 Å². The molecule has 0 aliphatic rings. The van der Waals surface area contributed by atoms with Gasteiger partial charge in [-0.2, -0.15) is 0 Å². The van der Waals surface area contributed by atoms with Gasteiger partial charge < -0.3 is 0 Å². The molecule has 0 aromatic rings. The maximum atomic E-state index is 5.34. The molecule has 0 amide bonds. The van der Waals surface area contributed by atoms with E-state index in [4.69, 9.17) is 20.2 Å². The SMILES string of the molecule is CCCOP(OCCC)[S+]=S. The molecule has 0 unspecified atom stereocenters. The number of rotatable bonds is 7. The summed E-state index contributed by atoms with van der Waals surface area (Å²) in [5.74, 6) is 0. The predicted molar refractivity (Wildman–Crippen MR) is 54.1 cm³/mol. The van der Waals surface area contributed by atoms with E-state index in [1.54, 1.807) is 0 Å². The third-order valence-electron chi connectivity index (χ3n) is 0.862. The van der Waals surface area contributed by atoms with Gasteiger partial charge in [-0.3, -0.25) is 9.05 Å². The van der Waals surface area contributed by atoms with E-state index in [0.29, 0.717) is 0 Å². The fraction of sp³-hybridized carbons (Fsp3) is 1.00. The Morgan fingerprint density at radius 3 is 1.91 bits per heavy atom. The van der Waals surface area contributed by atoms with Crippen molar-refractivity contribution in [1.82, 2.24) is 0 Å². The topological polar surface area (TPSA) is 18.5 Å². The third-order valence-corrected chi connectivity index (χ3v) is 3.86. The molecule has 0 rings (SSSR count). The van der Waals surface area contributed by atoms with Crippen molar-refractivity contribution in [3.8, 4) is 0 Å². The van der Waals surface area contributed by atoms with Crippen LogP contribution >= 0.6 is 7.58 Å². The van der Waals surface area contributed by atoms with Crippen LogP contribution in [0.2, 0.25) is 0 Å². The molecule has 0 bridgehead atoms. The van der Waals surface area contributed by atoms with E-state index >= 15 is 0 Å². The third kappa shape index (κ3) is 7.16. The maximum absolute atomic E-state index is 5.34. The molecule has 0 aliphatic heterocycles. The lowest BCUT2D eigenvalue weighted by atomic mass is 10.5. The summed E-state index contributed by atoms with van der Waals surface area (Å²) >= 11 is 4.80. The van der Waals surface area contributed by atoms with E-state index in [0.717, 1.165) is 26.1 Å². The summed E-state index contributed by atoms with van der Waals surface area (Å²) < 4.78 is 10.7. The second-order valence-corrected chi connectivity index (χ2v) is 5.76. The zero-order chi connectivity index (χ0) is 8.53. The van der Waals surface area contributed by atoms with Crippen LogP contribution in [0.4, 0.5) is 0 Å². The summed E-state index contributed by atoms with van der Waals surface area (Å²) in [5.41, 5.74) is 0. The largest absolute Gasteiger partial charge is 0.528 e. The van der Waals surface area contributed by atoms with Gasteiger partial charge in [0.2, 0.25) is 0 Å². The first-order chi connectivity index (χ1) is 5.35. The van der Waals surface area contributed by atoms with E-state index in [2.05, 4.69) is 13.8 Å². The van der Waals surface area contributed by atoms with E-state index in [1.165, 1.54) is 9.94 Å². The van der Waals surface area contributed by atoms with Crippen molar-refractivity contribution in [3.63, 3.8) is 0 Å². The Balaban J connectivity index is 3.33. The van der Waals surface area contributed by atoms with Crippen LogP contribution in [0.5, 0.6) is 0 Å². The molecule has 0 aromatic heterocycles. The fourth-order valence-corrected chi connectivity index (χ4v) is 2.72. The average molecular weight is 213 g/mol. The second kappa shape index (κ2) is 8.88. The van der Waals surface area contributed by atoms with E-state index in [-0.39, 0.29) is 0 Å². The van der Waals surface area contributed by atoms with Gasteiger partial charge in [0.05, 0.1) is 13.2 Å². The van der Waals surface area contributed by atoms with Gasteiger partial charge in [0.1, 0.15) is 0 Å². The summed E-state index contributed by atoms with van der Waals surface area (Å²) in [5, 5.41) is 0. The van der Waals surface area contributed by atoms with Crippen molar-refractivity contribution >= 4 is 28.7 Å². The first kappa shape index (κ1) is 11.8. The number of hydrogen-bond acceptors (Lipinski definition) is 3. The van der Waals surface area contributed by atoms with Gasteiger partial charge >= 0.3 is 17.5 Å². The van der Waals surface area contributed by atoms with Gasteiger partial charge in [-0.1, -0.05) is 13.8 Å². The average Bonchev–Trinajstić information content (AvgIpc) is 2.05. The molecule has 0 fully saturated rings. The van der Waals surface area contributed by atoms with Gasteiger partial charge in [-0.25, -0.2) is 0 Å². The molecule has 0 saturated heterocycles. The monoisotopic (exact) mass is 213 g/mol. The summed E-state index contributed by atoms with van der Waals surface area (Å²) in [6.45, 7) is 5.64. The summed E-state index contributed by atoms with van der Waals surface area (Å²) in [6, 6.07) is 0. The maximum Gasteiger partial charge on any atom is 0.528 e. The van der Waals surface area contributed by atoms with E-state index < -0.39 is 7.58 Å². The molecule has 0 atom stereocenters. The Morgan fingerprint density at radius 2 is 1.64 bits per heavy atom. The van der Waals surface area contributed by atoms with Crippen molar-refractivity contribution in [3.05, 3.63) is 0 Å². The first-order valence-corrected chi connectivity index (χ1v) is 7.23. The van der Waals surface area contributed by atoms with Crippen molar-refractivity contribution in [2.45, 2.75) is 26.7 Å². The number of hydrogen-bond donors (Lipinski definition) is 0. The molecular weight excluding hydrogens is 199 g/mol. The van der Waals surface area contributed by atoms with Crippen LogP contribution in [-0.4, -0.2) is 13.2 Å². The van der Waals surface area contributed by atoms with Crippen LogP contribution in [0.1, 0.15) is 26.7 Å². The van der Waals surface area contributed by atoms with Crippen molar-refractivity contribution in [1.29, 1.82) is 0 Å². The first-order valence-electron chi connectivity index (χ1n) is 3.71. The van der Waals surface area contributed by atoms with Crippen molar-refractivity contribution in [2.24, 2.45) is 0 Å². The molecule has 0 heterocycles. The van der Waals surface area contributed by atoms with Crippen LogP contribution in [0.15, 0.2) is 0 Å². The highest BCUT2D eigenvalue weighted by atomic mass is 33.1. The lowest BCUT2D eigenvalue weighted by molar-refractivity contribution is 0.262. The highest BCUT2D eigenvalue weighted by molar-refractivity contribution is 8.54. The highest BCUT2D eigenvalue weighted by Crippen LogP contribution is 2.37. The predicted octanol–water partition coefficient (Wildman–Crippen LogP) is 2.61. The summed E-state index contributed by atoms with van der Waals surface area (Å²) in [7, 11) is 0.415. The van der Waals surface area contributed by atoms with E-state index in [9.17, 15) is 0 Å². The molecule has 66 valence electrons. The highest BCUT2D eigenvalue weighted by Gasteiger charge is 2.22. The van der Waals surface area contributed by atoms with Crippen molar-refractivity contribution < 1.29 is 9.05 Å². The molecule has 0 aromatic carbocycles. The molecule has 0 spiro atoms. The molecule has 0 saturated carbocycles. The smallest absolute Gasteiger partial charge is 0.285 e. The molecule has 0 radical (unpaired) electrons. The van der Waals surface area contributed by atoms with Gasteiger partial charge in [0.15, 0.2) is 0 Å². The molecule has 0 N–H and O–H groups in total. The van der Waals surface area contributed by atoms with E-state index in [1.807, 2.05) is 0 Å². The Morgan fingerprint density at radius 1 is 1.18 bits per heavy atom. The summed E-state index contributed by atoms with van der Waals surface area (Å²) in [4.78, 5) is 0. The van der Waals surface area contributed by atoms with Crippen molar-refractivity contribution in [2.75, 3.05) is 13.2 Å². The van der Waals surface area contributed by atoms with Gasteiger partial charge in [0.25, 0.3) is 11.2 Å². The summed E-state index contributed by atoms with van der Waals surface area (Å²) in [6.07, 6.45) is 2.04. The second-order valence-electron chi connectivity index (χ2n) is 1.96. The minimum atomic E-state index is -0.839. The van der Waals surface area contributed by atoms with Crippen LogP contribution in [0.25, 0.3) is 0 Å². The quantitative estimate of drug-likeness (QED) is 0.478. The molecule has 0 aliphatic carbocycles. The van der Waals surface area contributed by atoms with Gasteiger partial charge in [0, 0.05) is 0 Å². The Labute approximate surface area is 77.9 Å². The van der Waals surface area contributed by atoms with Crippen LogP contribution in [0.3, 0.4) is 0 Å². The lowest BCUT2D eigenvalue weighted by Gasteiger charge is -1.99. The molecule has 11 heavy (non-hydrogen) atoms. The fourth-order valence-electron chi connectivity index (χ4n) is 0.412. The zero-order valence-corrected chi connectivity index (χ0v) is 9.44. The minimum Gasteiger partial charge on any atom is -0.285 e. The zero-order valence-electron chi connectivity index (χ0n) is 6.91. The van der Waals surface area contributed by atoms with Crippen LogP contribution < -0.4 is 0 Å². The molecule has 2 nitrogen and oxygen atoms in total. The Bertz CT molecular complexity index is 94.6. The normalized spacial score (nSPS) is 10.5. The Hall–Kier alpha value is 0.790. The molecule has 5 heteroatoms. The van der Waals surface area contributed by atoms with Gasteiger partial charge in [-0.05, 0) is 12.8 Å². The molecular formula is C6H14O2PS2+.